The predicted octanol–water partition coefficient (Wildman–Crippen LogP) is 3.13. The molecule has 1 aliphatic heterocycles. The molecule has 1 aliphatic carbocycles. The largest absolute Gasteiger partial charge is 0.341 e. The zero-order chi connectivity index (χ0) is 13.9. The SMILES string of the molecule is CCC(C)C(N)C(=O)N1CCCC2(CC=CCC2)C1.Cl. The third-order valence-electron chi connectivity index (χ3n) is 5.07. The molecular weight excluding hydrogens is 272 g/mol. The Morgan fingerprint density at radius 3 is 2.75 bits per heavy atom. The number of hydrogen-bond donors (Lipinski definition) is 1. The second-order valence-corrected chi connectivity index (χ2v) is 6.49. The molecular formula is C16H29ClN2O. The molecule has 0 saturated carbocycles. The van der Waals surface area contributed by atoms with Crippen molar-refractivity contribution in [1.82, 2.24) is 4.90 Å². The molecule has 0 aromatic heterocycles. The van der Waals surface area contributed by atoms with Gasteiger partial charge in [0.25, 0.3) is 0 Å². The normalized spacial score (nSPS) is 28.9. The molecule has 2 rings (SSSR count). The maximum atomic E-state index is 12.5. The van der Waals surface area contributed by atoms with Gasteiger partial charge >= 0.3 is 0 Å². The van der Waals surface area contributed by atoms with Crippen LogP contribution in [-0.4, -0.2) is 29.9 Å². The highest BCUT2D eigenvalue weighted by atomic mass is 35.5. The van der Waals surface area contributed by atoms with Crippen molar-refractivity contribution in [2.24, 2.45) is 17.1 Å². The van der Waals surface area contributed by atoms with Gasteiger partial charge in [-0.05, 0) is 43.4 Å². The van der Waals surface area contributed by atoms with E-state index in [1.807, 2.05) is 4.90 Å². The van der Waals surface area contributed by atoms with Crippen molar-refractivity contribution in [3.63, 3.8) is 0 Å². The van der Waals surface area contributed by atoms with Crippen molar-refractivity contribution in [3.05, 3.63) is 12.2 Å². The molecule has 0 aromatic rings. The molecule has 3 atom stereocenters. The summed E-state index contributed by atoms with van der Waals surface area (Å²) in [5, 5.41) is 0. The monoisotopic (exact) mass is 300 g/mol. The number of halogens is 1. The summed E-state index contributed by atoms with van der Waals surface area (Å²) in [4.78, 5) is 14.5. The zero-order valence-electron chi connectivity index (χ0n) is 12.8. The first-order chi connectivity index (χ1) is 9.08. The standard InChI is InChI=1S/C16H28N2O.ClH/c1-3-13(2)14(17)15(19)18-11-7-10-16(12-18)8-5-4-6-9-16;/h4-5,13-14H,3,6-12,17H2,1-2H3;1H. The van der Waals surface area contributed by atoms with E-state index < -0.39 is 0 Å². The second-order valence-electron chi connectivity index (χ2n) is 6.49. The molecule has 0 radical (unpaired) electrons. The number of amides is 1. The van der Waals surface area contributed by atoms with Crippen LogP contribution in [0.4, 0.5) is 0 Å². The summed E-state index contributed by atoms with van der Waals surface area (Å²) < 4.78 is 0. The lowest BCUT2D eigenvalue weighted by Gasteiger charge is -2.44. The Kier molecular flexibility index (Phi) is 6.53. The number of carbonyl (C=O) groups is 1. The van der Waals surface area contributed by atoms with Gasteiger partial charge in [0.05, 0.1) is 6.04 Å². The molecule has 3 nitrogen and oxygen atoms in total. The van der Waals surface area contributed by atoms with Crippen LogP contribution in [0.2, 0.25) is 0 Å². The van der Waals surface area contributed by atoms with Crippen LogP contribution in [0.25, 0.3) is 0 Å². The molecule has 2 N–H and O–H groups in total. The minimum Gasteiger partial charge on any atom is -0.341 e. The summed E-state index contributed by atoms with van der Waals surface area (Å²) in [6, 6.07) is -0.320. The van der Waals surface area contributed by atoms with Crippen LogP contribution < -0.4 is 5.73 Å². The summed E-state index contributed by atoms with van der Waals surface area (Å²) in [6.07, 6.45) is 11.5. The van der Waals surface area contributed by atoms with Crippen LogP contribution in [-0.2, 0) is 4.79 Å². The Morgan fingerprint density at radius 1 is 1.40 bits per heavy atom. The minimum atomic E-state index is -0.320. The van der Waals surface area contributed by atoms with E-state index in [4.69, 9.17) is 5.73 Å². The third-order valence-corrected chi connectivity index (χ3v) is 5.07. The van der Waals surface area contributed by atoms with Crippen LogP contribution in [0.3, 0.4) is 0 Å². The van der Waals surface area contributed by atoms with E-state index in [1.54, 1.807) is 0 Å². The molecule has 0 aromatic carbocycles. The Labute approximate surface area is 129 Å². The summed E-state index contributed by atoms with van der Waals surface area (Å²) >= 11 is 0. The zero-order valence-corrected chi connectivity index (χ0v) is 13.6. The number of carbonyl (C=O) groups excluding carboxylic acids is 1. The van der Waals surface area contributed by atoms with Crippen LogP contribution in [0.15, 0.2) is 12.2 Å². The number of likely N-dealkylation sites (tertiary alicyclic amines) is 1. The fourth-order valence-electron chi connectivity index (χ4n) is 3.42. The van der Waals surface area contributed by atoms with Gasteiger partial charge in [0.2, 0.25) is 5.91 Å². The Morgan fingerprint density at radius 2 is 2.15 bits per heavy atom. The van der Waals surface area contributed by atoms with Gasteiger partial charge in [0.15, 0.2) is 0 Å². The van der Waals surface area contributed by atoms with Gasteiger partial charge in [0.1, 0.15) is 0 Å². The van der Waals surface area contributed by atoms with Crippen molar-refractivity contribution in [2.45, 2.75) is 58.4 Å². The molecule has 20 heavy (non-hydrogen) atoms. The highest BCUT2D eigenvalue weighted by Crippen LogP contribution is 2.40. The molecule has 1 fully saturated rings. The van der Waals surface area contributed by atoms with Gasteiger partial charge in [-0.25, -0.2) is 0 Å². The molecule has 116 valence electrons. The summed E-state index contributed by atoms with van der Waals surface area (Å²) in [6.45, 7) is 5.99. The molecule has 1 amide bonds. The number of rotatable bonds is 3. The molecule has 2 aliphatic rings. The maximum Gasteiger partial charge on any atom is 0.239 e. The lowest BCUT2D eigenvalue weighted by Crippen LogP contribution is -2.53. The number of nitrogens with zero attached hydrogens (tertiary/aromatic N) is 1. The third kappa shape index (κ3) is 3.76. The van der Waals surface area contributed by atoms with Crippen LogP contribution >= 0.6 is 12.4 Å². The van der Waals surface area contributed by atoms with Gasteiger partial charge < -0.3 is 10.6 Å². The van der Waals surface area contributed by atoms with Crippen molar-refractivity contribution < 1.29 is 4.79 Å². The smallest absolute Gasteiger partial charge is 0.239 e. The lowest BCUT2D eigenvalue weighted by molar-refractivity contribution is -0.137. The van der Waals surface area contributed by atoms with Gasteiger partial charge in [-0.1, -0.05) is 32.4 Å². The second kappa shape index (κ2) is 7.46. The average Bonchev–Trinajstić information content (AvgIpc) is 2.45. The summed E-state index contributed by atoms with van der Waals surface area (Å²) in [5.41, 5.74) is 6.46. The van der Waals surface area contributed by atoms with Crippen LogP contribution in [0.5, 0.6) is 0 Å². The maximum absolute atomic E-state index is 12.5. The van der Waals surface area contributed by atoms with Crippen molar-refractivity contribution in [3.8, 4) is 0 Å². The van der Waals surface area contributed by atoms with E-state index in [9.17, 15) is 4.79 Å². The van der Waals surface area contributed by atoms with Gasteiger partial charge in [-0.2, -0.15) is 0 Å². The molecule has 1 heterocycles. The number of hydrogen-bond acceptors (Lipinski definition) is 2. The first kappa shape index (κ1) is 17.5. The summed E-state index contributed by atoms with van der Waals surface area (Å²) in [7, 11) is 0. The molecule has 1 spiro atoms. The van der Waals surface area contributed by atoms with Crippen molar-refractivity contribution in [1.29, 1.82) is 0 Å². The van der Waals surface area contributed by atoms with Crippen molar-refractivity contribution >= 4 is 18.3 Å². The van der Waals surface area contributed by atoms with Crippen LogP contribution in [0.1, 0.15) is 52.4 Å². The molecule has 0 bridgehead atoms. The number of piperidine rings is 1. The minimum absolute atomic E-state index is 0. The first-order valence-electron chi connectivity index (χ1n) is 7.77. The molecule has 3 unspecified atom stereocenters. The van der Waals surface area contributed by atoms with Gasteiger partial charge in [-0.3, -0.25) is 4.79 Å². The van der Waals surface area contributed by atoms with Crippen LogP contribution in [0, 0.1) is 11.3 Å². The quantitative estimate of drug-likeness (QED) is 0.814. The number of nitrogens with two attached hydrogens (primary N) is 1. The van der Waals surface area contributed by atoms with E-state index >= 15 is 0 Å². The lowest BCUT2D eigenvalue weighted by atomic mass is 9.71. The topological polar surface area (TPSA) is 46.3 Å². The number of allylic oxidation sites excluding steroid dienone is 2. The van der Waals surface area contributed by atoms with Gasteiger partial charge in [-0.15, -0.1) is 12.4 Å². The predicted molar refractivity (Wildman–Crippen MR) is 85.9 cm³/mol. The highest BCUT2D eigenvalue weighted by Gasteiger charge is 2.38. The van der Waals surface area contributed by atoms with E-state index in [0.29, 0.717) is 5.41 Å². The first-order valence-corrected chi connectivity index (χ1v) is 7.77. The van der Waals surface area contributed by atoms with E-state index in [2.05, 4.69) is 26.0 Å². The van der Waals surface area contributed by atoms with Crippen molar-refractivity contribution in [2.75, 3.05) is 13.1 Å². The molecule has 1 saturated heterocycles. The highest BCUT2D eigenvalue weighted by molar-refractivity contribution is 5.85. The molecule has 4 heteroatoms. The van der Waals surface area contributed by atoms with E-state index in [0.717, 1.165) is 32.4 Å². The van der Waals surface area contributed by atoms with Gasteiger partial charge in [0, 0.05) is 13.1 Å². The average molecular weight is 301 g/mol. The fraction of sp³-hybridized carbons (Fsp3) is 0.812. The van der Waals surface area contributed by atoms with E-state index in [1.165, 1.54) is 19.3 Å². The summed E-state index contributed by atoms with van der Waals surface area (Å²) in [5.74, 6) is 0.444. The Hall–Kier alpha value is -0.540. The Balaban J connectivity index is 0.00000200. The Bertz CT molecular complexity index is 358. The van der Waals surface area contributed by atoms with E-state index in [-0.39, 0.29) is 30.3 Å². The fourth-order valence-corrected chi connectivity index (χ4v) is 3.42.